The maximum absolute atomic E-state index is 13.6. The average Bonchev–Trinajstić information content (AvgIpc) is 3.01. The van der Waals surface area contributed by atoms with Crippen LogP contribution in [0.5, 0.6) is 0 Å². The quantitative estimate of drug-likeness (QED) is 0.614. The van der Waals surface area contributed by atoms with Crippen molar-refractivity contribution in [3.05, 3.63) is 65.5 Å². The van der Waals surface area contributed by atoms with E-state index in [0.29, 0.717) is 23.4 Å². The van der Waals surface area contributed by atoms with Crippen LogP contribution >= 0.6 is 0 Å². The zero-order chi connectivity index (χ0) is 18.0. The van der Waals surface area contributed by atoms with Gasteiger partial charge in [0.1, 0.15) is 5.82 Å². The molecule has 3 rings (SSSR count). The van der Waals surface area contributed by atoms with Crippen LogP contribution in [0, 0.1) is 0 Å². The summed E-state index contributed by atoms with van der Waals surface area (Å²) in [7, 11) is 1.94. The highest BCUT2D eigenvalue weighted by Gasteiger charge is 2.24. The maximum atomic E-state index is 13.6. The summed E-state index contributed by atoms with van der Waals surface area (Å²) in [5.74, 6) is 0.392. The molecule has 0 spiro atoms. The van der Waals surface area contributed by atoms with Crippen LogP contribution in [0.3, 0.4) is 0 Å². The molecule has 0 saturated carbocycles. The summed E-state index contributed by atoms with van der Waals surface area (Å²) < 4.78 is 28.3. The Bertz CT molecular complexity index is 840. The summed E-state index contributed by atoms with van der Waals surface area (Å²) in [6.45, 7) is 2.11. The summed E-state index contributed by atoms with van der Waals surface area (Å²) in [4.78, 5) is 6.51. The highest BCUT2D eigenvalue weighted by Crippen LogP contribution is 2.29. The zero-order valence-electron chi connectivity index (χ0n) is 14.8. The van der Waals surface area contributed by atoms with Crippen LogP contribution < -0.4 is 0 Å². The minimum absolute atomic E-state index is 0.229. The largest absolute Gasteiger partial charge is 0.320 e. The van der Waals surface area contributed by atoms with Crippen molar-refractivity contribution in [2.24, 2.45) is 0 Å². The topological polar surface area (TPSA) is 21.1 Å². The van der Waals surface area contributed by atoms with Gasteiger partial charge in [-0.2, -0.15) is 8.78 Å². The van der Waals surface area contributed by atoms with Gasteiger partial charge in [-0.25, -0.2) is 4.98 Å². The van der Waals surface area contributed by atoms with E-state index in [1.807, 2.05) is 24.9 Å². The third-order valence-electron chi connectivity index (χ3n) is 4.72. The summed E-state index contributed by atoms with van der Waals surface area (Å²) in [5.41, 5.74) is 3.52. The number of nitrogens with zero attached hydrogens (tertiary/aromatic N) is 3. The van der Waals surface area contributed by atoms with E-state index in [9.17, 15) is 8.78 Å². The van der Waals surface area contributed by atoms with Crippen LogP contribution in [-0.2, 0) is 13.0 Å². The molecule has 0 aliphatic carbocycles. The molecule has 0 fully saturated rings. The van der Waals surface area contributed by atoms with E-state index in [0.717, 1.165) is 16.6 Å². The summed E-state index contributed by atoms with van der Waals surface area (Å²) in [5, 5.41) is 0. The number of aryl methyl sites for hydroxylation is 1. The molecule has 0 N–H and O–H groups in total. The van der Waals surface area contributed by atoms with Crippen LogP contribution in [0.1, 0.15) is 43.4 Å². The van der Waals surface area contributed by atoms with Gasteiger partial charge >= 0.3 is 6.55 Å². The molecule has 1 aromatic heterocycles. The smallest absolute Gasteiger partial charge is 0.292 e. The molecular formula is C20H23F2N3. The van der Waals surface area contributed by atoms with E-state index in [1.165, 1.54) is 5.56 Å². The molecule has 0 radical (unpaired) electrons. The van der Waals surface area contributed by atoms with Gasteiger partial charge in [-0.05, 0) is 43.7 Å². The first-order valence-corrected chi connectivity index (χ1v) is 8.54. The SMILES string of the molecule is CCc1ccc(CN(C)C(C)c2nc3ccccc3n2C(F)F)cc1. The second-order valence-electron chi connectivity index (χ2n) is 6.37. The predicted octanol–water partition coefficient (Wildman–Crippen LogP) is 5.19. The van der Waals surface area contributed by atoms with Crippen LogP contribution in [0.15, 0.2) is 48.5 Å². The lowest BCUT2D eigenvalue weighted by atomic mass is 10.1. The fraction of sp³-hybridized carbons (Fsp3) is 0.350. The molecule has 5 heteroatoms. The van der Waals surface area contributed by atoms with Gasteiger partial charge in [0.2, 0.25) is 0 Å². The molecule has 1 unspecified atom stereocenters. The first-order valence-electron chi connectivity index (χ1n) is 8.54. The van der Waals surface area contributed by atoms with Crippen molar-refractivity contribution >= 4 is 11.0 Å². The van der Waals surface area contributed by atoms with E-state index in [-0.39, 0.29) is 6.04 Å². The van der Waals surface area contributed by atoms with E-state index in [1.54, 1.807) is 18.2 Å². The van der Waals surface area contributed by atoms with Crippen molar-refractivity contribution in [3.8, 4) is 0 Å². The Morgan fingerprint density at radius 3 is 2.32 bits per heavy atom. The van der Waals surface area contributed by atoms with E-state index in [4.69, 9.17) is 0 Å². The summed E-state index contributed by atoms with van der Waals surface area (Å²) in [6, 6.07) is 15.2. The Morgan fingerprint density at radius 1 is 1.04 bits per heavy atom. The Labute approximate surface area is 146 Å². The molecule has 25 heavy (non-hydrogen) atoms. The molecule has 0 bridgehead atoms. The van der Waals surface area contributed by atoms with E-state index >= 15 is 0 Å². The number of rotatable bonds is 6. The fourth-order valence-corrected chi connectivity index (χ4v) is 3.07. The monoisotopic (exact) mass is 343 g/mol. The predicted molar refractivity (Wildman–Crippen MR) is 96.7 cm³/mol. The third-order valence-corrected chi connectivity index (χ3v) is 4.72. The molecule has 1 heterocycles. The Balaban J connectivity index is 1.87. The molecule has 2 aromatic carbocycles. The van der Waals surface area contributed by atoms with Gasteiger partial charge in [-0.3, -0.25) is 9.47 Å². The van der Waals surface area contributed by atoms with Gasteiger partial charge in [-0.1, -0.05) is 43.3 Å². The third kappa shape index (κ3) is 3.56. The minimum atomic E-state index is -2.61. The number of aromatic nitrogens is 2. The highest BCUT2D eigenvalue weighted by molar-refractivity contribution is 5.76. The number of fused-ring (bicyclic) bond motifs is 1. The number of hydrogen-bond donors (Lipinski definition) is 0. The van der Waals surface area contributed by atoms with Crippen molar-refractivity contribution in [1.82, 2.24) is 14.5 Å². The molecule has 0 saturated heterocycles. The van der Waals surface area contributed by atoms with Gasteiger partial charge < -0.3 is 0 Å². The Kier molecular flexibility index (Phi) is 5.13. The van der Waals surface area contributed by atoms with Crippen molar-refractivity contribution < 1.29 is 8.78 Å². The van der Waals surface area contributed by atoms with E-state index < -0.39 is 6.55 Å². The van der Waals surface area contributed by atoms with Crippen molar-refractivity contribution in [2.75, 3.05) is 7.05 Å². The number of alkyl halides is 2. The molecular weight excluding hydrogens is 320 g/mol. The number of benzene rings is 2. The lowest BCUT2D eigenvalue weighted by Crippen LogP contribution is -2.25. The molecule has 3 nitrogen and oxygen atoms in total. The number of para-hydroxylation sites is 2. The molecule has 1 atom stereocenters. The average molecular weight is 343 g/mol. The summed E-state index contributed by atoms with van der Waals surface area (Å²) in [6.07, 6.45) is 1.00. The first-order chi connectivity index (χ1) is 12.0. The Morgan fingerprint density at radius 2 is 1.68 bits per heavy atom. The van der Waals surface area contributed by atoms with Gasteiger partial charge in [0.25, 0.3) is 0 Å². The van der Waals surface area contributed by atoms with Crippen LogP contribution in [0.2, 0.25) is 0 Å². The lowest BCUT2D eigenvalue weighted by Gasteiger charge is -2.25. The molecule has 0 aliphatic rings. The lowest BCUT2D eigenvalue weighted by molar-refractivity contribution is 0.0657. The van der Waals surface area contributed by atoms with Gasteiger partial charge in [0.05, 0.1) is 17.1 Å². The van der Waals surface area contributed by atoms with Gasteiger partial charge in [0.15, 0.2) is 0 Å². The second kappa shape index (κ2) is 7.31. The standard InChI is InChI=1S/C20H23F2N3/c1-4-15-9-11-16(12-10-15)13-24(3)14(2)19-23-17-7-5-6-8-18(17)25(19)20(21)22/h5-12,14,20H,4,13H2,1-3H3. The highest BCUT2D eigenvalue weighted by atomic mass is 19.3. The molecule has 3 aromatic rings. The number of hydrogen-bond acceptors (Lipinski definition) is 2. The molecule has 0 amide bonds. The zero-order valence-corrected chi connectivity index (χ0v) is 14.8. The van der Waals surface area contributed by atoms with Gasteiger partial charge in [0, 0.05) is 6.54 Å². The fourth-order valence-electron chi connectivity index (χ4n) is 3.07. The summed E-state index contributed by atoms with van der Waals surface area (Å²) >= 11 is 0. The number of imidazole rings is 1. The van der Waals surface area contributed by atoms with Crippen LogP contribution in [0.4, 0.5) is 8.78 Å². The number of halogens is 2. The second-order valence-corrected chi connectivity index (χ2v) is 6.37. The van der Waals surface area contributed by atoms with Crippen molar-refractivity contribution in [2.45, 2.75) is 39.4 Å². The minimum Gasteiger partial charge on any atom is -0.292 e. The van der Waals surface area contributed by atoms with Crippen molar-refractivity contribution in [1.29, 1.82) is 0 Å². The van der Waals surface area contributed by atoms with Crippen LogP contribution in [-0.4, -0.2) is 21.5 Å². The first kappa shape index (κ1) is 17.5. The molecule has 132 valence electrons. The van der Waals surface area contributed by atoms with Gasteiger partial charge in [-0.15, -0.1) is 0 Å². The molecule has 0 aliphatic heterocycles. The van der Waals surface area contributed by atoms with Crippen LogP contribution in [0.25, 0.3) is 11.0 Å². The van der Waals surface area contributed by atoms with E-state index in [2.05, 4.69) is 36.2 Å². The normalized spacial score (nSPS) is 13.1. The maximum Gasteiger partial charge on any atom is 0.320 e. The Hall–Kier alpha value is -2.27. The van der Waals surface area contributed by atoms with Crippen molar-refractivity contribution in [3.63, 3.8) is 0 Å².